The molecule has 0 saturated heterocycles. The Labute approximate surface area is 151 Å². The van der Waals surface area contributed by atoms with Gasteiger partial charge in [-0.3, -0.25) is 0 Å². The average molecular weight is 326 g/mol. The third-order valence-corrected chi connectivity index (χ3v) is 4.66. The molecule has 0 nitrogen and oxygen atoms in total. The van der Waals surface area contributed by atoms with Gasteiger partial charge in [-0.15, -0.1) is 6.58 Å². The van der Waals surface area contributed by atoms with Gasteiger partial charge in [0.2, 0.25) is 0 Å². The molecule has 0 aliphatic heterocycles. The molecule has 0 fully saturated rings. The largest absolute Gasteiger partial charge is 0.103 e. The van der Waals surface area contributed by atoms with Gasteiger partial charge >= 0.3 is 0 Å². The first-order chi connectivity index (χ1) is 12.3. The zero-order valence-corrected chi connectivity index (χ0v) is 15.0. The quantitative estimate of drug-likeness (QED) is 0.405. The molecule has 0 heterocycles. The summed E-state index contributed by atoms with van der Waals surface area (Å²) in [5.41, 5.74) is 5.34. The van der Waals surface area contributed by atoms with Crippen LogP contribution in [0.4, 0.5) is 0 Å². The van der Waals surface area contributed by atoms with Crippen molar-refractivity contribution < 1.29 is 0 Å². The summed E-state index contributed by atoms with van der Waals surface area (Å²) in [6.45, 7) is 5.87. The fourth-order valence-electron chi connectivity index (χ4n) is 3.18. The van der Waals surface area contributed by atoms with E-state index in [0.29, 0.717) is 0 Å². The first-order valence-corrected chi connectivity index (χ1v) is 9.14. The Balaban J connectivity index is 1.80. The van der Waals surface area contributed by atoms with Crippen LogP contribution in [-0.4, -0.2) is 0 Å². The lowest BCUT2D eigenvalue weighted by molar-refractivity contribution is 1.00. The van der Waals surface area contributed by atoms with E-state index in [1.165, 1.54) is 33.0 Å². The van der Waals surface area contributed by atoms with Crippen LogP contribution >= 0.6 is 0 Å². The highest BCUT2D eigenvalue weighted by Gasteiger charge is 2.02. The second-order valence-corrected chi connectivity index (χ2v) is 6.53. The van der Waals surface area contributed by atoms with Crippen LogP contribution in [0.1, 0.15) is 30.9 Å². The Morgan fingerprint density at radius 3 is 2.12 bits per heavy atom. The Bertz CT molecular complexity index is 866. The average Bonchev–Trinajstić information content (AvgIpc) is 2.66. The van der Waals surface area contributed by atoms with Crippen molar-refractivity contribution in [2.75, 3.05) is 0 Å². The smallest absolute Gasteiger partial charge is 0.0178 e. The molecule has 0 aliphatic rings. The number of hydrogen-bond acceptors (Lipinski definition) is 0. The summed E-state index contributed by atoms with van der Waals surface area (Å²) < 4.78 is 0. The molecule has 0 unspecified atom stereocenters. The molecule has 25 heavy (non-hydrogen) atoms. The maximum atomic E-state index is 3.79. The number of benzene rings is 3. The molecule has 3 aromatic carbocycles. The first-order valence-electron chi connectivity index (χ1n) is 9.14. The molecule has 0 bridgehead atoms. The van der Waals surface area contributed by atoms with Crippen LogP contribution in [0, 0.1) is 0 Å². The van der Waals surface area contributed by atoms with Crippen molar-refractivity contribution >= 4 is 10.8 Å². The summed E-state index contributed by atoms with van der Waals surface area (Å²) in [7, 11) is 0. The summed E-state index contributed by atoms with van der Waals surface area (Å²) in [5, 5.41) is 2.63. The van der Waals surface area contributed by atoms with Crippen molar-refractivity contribution in [1.82, 2.24) is 0 Å². The maximum Gasteiger partial charge on any atom is -0.0178 e. The standard InChI is InChI=1S/C25H26/c1-3-5-7-9-21-12-15-25-19-24(17-16-23(25)18-21)22-13-10-20(11-14-22)8-6-4-2/h3-5,10-19H,2,6-9H2,1H3/b5-3+. The van der Waals surface area contributed by atoms with E-state index < -0.39 is 0 Å². The SMILES string of the molecule is C=CCCc1ccc(-c2ccc3cc(CC/C=C/C)ccc3c2)cc1. The first kappa shape index (κ1) is 17.2. The molecule has 0 N–H and O–H groups in total. The minimum Gasteiger partial charge on any atom is -0.103 e. The number of hydrogen-bond donors (Lipinski definition) is 0. The molecule has 0 radical (unpaired) electrons. The molecule has 3 aromatic rings. The molecule has 126 valence electrons. The van der Waals surface area contributed by atoms with Crippen LogP contribution in [0.5, 0.6) is 0 Å². The van der Waals surface area contributed by atoms with Crippen LogP contribution in [0.25, 0.3) is 21.9 Å². The van der Waals surface area contributed by atoms with Crippen molar-refractivity contribution in [3.8, 4) is 11.1 Å². The third kappa shape index (κ3) is 4.48. The van der Waals surface area contributed by atoms with Gasteiger partial charge in [-0.1, -0.05) is 72.8 Å². The highest BCUT2D eigenvalue weighted by molar-refractivity contribution is 5.87. The summed E-state index contributed by atoms with van der Waals surface area (Å²) in [6, 6.07) is 22.5. The summed E-state index contributed by atoms with van der Waals surface area (Å²) in [4.78, 5) is 0. The highest BCUT2D eigenvalue weighted by atomic mass is 14.1. The lowest BCUT2D eigenvalue weighted by Crippen LogP contribution is -1.86. The van der Waals surface area contributed by atoms with E-state index in [1.807, 2.05) is 6.08 Å². The van der Waals surface area contributed by atoms with Crippen molar-refractivity contribution in [2.45, 2.75) is 32.6 Å². The maximum absolute atomic E-state index is 3.79. The van der Waals surface area contributed by atoms with E-state index in [2.05, 4.69) is 86.3 Å². The van der Waals surface area contributed by atoms with Crippen LogP contribution in [0.2, 0.25) is 0 Å². The van der Waals surface area contributed by atoms with Gasteiger partial charge in [-0.05, 0) is 71.7 Å². The predicted molar refractivity (Wildman–Crippen MR) is 111 cm³/mol. The fourth-order valence-corrected chi connectivity index (χ4v) is 3.18. The third-order valence-electron chi connectivity index (χ3n) is 4.66. The van der Waals surface area contributed by atoms with Gasteiger partial charge in [0.25, 0.3) is 0 Å². The van der Waals surface area contributed by atoms with Crippen LogP contribution in [0.3, 0.4) is 0 Å². The van der Waals surface area contributed by atoms with Gasteiger partial charge in [0.05, 0.1) is 0 Å². The van der Waals surface area contributed by atoms with Crippen molar-refractivity contribution in [3.05, 3.63) is 96.6 Å². The van der Waals surface area contributed by atoms with Crippen LogP contribution in [0.15, 0.2) is 85.5 Å². The highest BCUT2D eigenvalue weighted by Crippen LogP contribution is 2.26. The van der Waals surface area contributed by atoms with Gasteiger partial charge < -0.3 is 0 Å². The van der Waals surface area contributed by atoms with Crippen molar-refractivity contribution in [2.24, 2.45) is 0 Å². The van der Waals surface area contributed by atoms with Crippen LogP contribution < -0.4 is 0 Å². The summed E-state index contributed by atoms with van der Waals surface area (Å²) in [6.07, 6.45) is 10.6. The van der Waals surface area contributed by atoms with Crippen molar-refractivity contribution in [3.63, 3.8) is 0 Å². The minimum atomic E-state index is 1.03. The molecule has 0 heteroatoms. The zero-order valence-electron chi connectivity index (χ0n) is 15.0. The van der Waals surface area contributed by atoms with E-state index in [1.54, 1.807) is 0 Å². The van der Waals surface area contributed by atoms with Gasteiger partial charge in [0, 0.05) is 0 Å². The van der Waals surface area contributed by atoms with E-state index in [-0.39, 0.29) is 0 Å². The Morgan fingerprint density at radius 1 is 0.720 bits per heavy atom. The molecular formula is C25H26. The monoisotopic (exact) mass is 326 g/mol. The van der Waals surface area contributed by atoms with Gasteiger partial charge in [0.1, 0.15) is 0 Å². The Morgan fingerprint density at radius 2 is 1.36 bits per heavy atom. The van der Waals surface area contributed by atoms with Gasteiger partial charge in [-0.25, -0.2) is 0 Å². The second kappa shape index (κ2) is 8.48. The Kier molecular flexibility index (Phi) is 5.85. The molecule has 0 aliphatic carbocycles. The molecule has 0 atom stereocenters. The molecule has 0 spiro atoms. The Hall–Kier alpha value is -2.60. The normalized spacial score (nSPS) is 11.2. The zero-order chi connectivity index (χ0) is 17.5. The predicted octanol–water partition coefficient (Wildman–Crippen LogP) is 7.13. The van der Waals surface area contributed by atoms with Crippen LogP contribution in [-0.2, 0) is 12.8 Å². The lowest BCUT2D eigenvalue weighted by atomic mass is 9.97. The van der Waals surface area contributed by atoms with Gasteiger partial charge in [-0.2, -0.15) is 0 Å². The lowest BCUT2D eigenvalue weighted by Gasteiger charge is -2.07. The summed E-state index contributed by atoms with van der Waals surface area (Å²) >= 11 is 0. The van der Waals surface area contributed by atoms with E-state index in [0.717, 1.165) is 25.7 Å². The fraction of sp³-hybridized carbons (Fsp3) is 0.200. The number of aryl methyl sites for hydroxylation is 2. The van der Waals surface area contributed by atoms with E-state index in [9.17, 15) is 0 Å². The minimum absolute atomic E-state index is 1.03. The number of allylic oxidation sites excluding steroid dienone is 3. The number of fused-ring (bicyclic) bond motifs is 1. The second-order valence-electron chi connectivity index (χ2n) is 6.53. The molecule has 0 aromatic heterocycles. The number of rotatable bonds is 7. The molecular weight excluding hydrogens is 300 g/mol. The summed E-state index contributed by atoms with van der Waals surface area (Å²) in [5.74, 6) is 0. The van der Waals surface area contributed by atoms with E-state index in [4.69, 9.17) is 0 Å². The van der Waals surface area contributed by atoms with E-state index >= 15 is 0 Å². The van der Waals surface area contributed by atoms with Crippen molar-refractivity contribution in [1.29, 1.82) is 0 Å². The molecule has 0 amide bonds. The molecule has 3 rings (SSSR count). The topological polar surface area (TPSA) is 0 Å². The van der Waals surface area contributed by atoms with Gasteiger partial charge in [0.15, 0.2) is 0 Å². The molecule has 0 saturated carbocycles.